The number of carbonyl (C=O) groups is 1. The molecule has 23 heavy (non-hydrogen) atoms. The second-order valence-corrected chi connectivity index (χ2v) is 5.13. The molecule has 2 aromatic heterocycles. The second kappa shape index (κ2) is 6.31. The number of aromatic nitrogens is 3. The van der Waals surface area contributed by atoms with Crippen molar-refractivity contribution in [3.63, 3.8) is 0 Å². The highest BCUT2D eigenvalue weighted by Gasteiger charge is 2.11. The molecule has 0 unspecified atom stereocenters. The van der Waals surface area contributed by atoms with Gasteiger partial charge in [-0.25, -0.2) is 14.5 Å². The van der Waals surface area contributed by atoms with E-state index in [1.165, 1.54) is 0 Å². The maximum absolute atomic E-state index is 11.3. The van der Waals surface area contributed by atoms with Gasteiger partial charge >= 0.3 is 5.97 Å². The fourth-order valence-corrected chi connectivity index (χ4v) is 2.27. The van der Waals surface area contributed by atoms with Gasteiger partial charge in [0.25, 0.3) is 0 Å². The minimum Gasteiger partial charge on any atom is -0.478 e. The van der Waals surface area contributed by atoms with E-state index >= 15 is 0 Å². The van der Waals surface area contributed by atoms with Crippen LogP contribution in [-0.2, 0) is 6.54 Å². The van der Waals surface area contributed by atoms with Crippen molar-refractivity contribution in [2.45, 2.75) is 13.5 Å². The predicted molar refractivity (Wildman–Crippen MR) is 86.8 cm³/mol. The molecule has 0 amide bonds. The summed E-state index contributed by atoms with van der Waals surface area (Å²) in [5.41, 5.74) is 2.64. The zero-order valence-electron chi connectivity index (χ0n) is 12.6. The van der Waals surface area contributed by atoms with Crippen molar-refractivity contribution in [3.05, 3.63) is 71.7 Å². The summed E-state index contributed by atoms with van der Waals surface area (Å²) in [4.78, 5) is 15.7. The molecule has 6 nitrogen and oxygen atoms in total. The third-order valence-electron chi connectivity index (χ3n) is 3.38. The molecule has 0 fully saturated rings. The maximum atomic E-state index is 11.3. The number of para-hydroxylation sites is 1. The minimum absolute atomic E-state index is 0.218. The molecule has 2 heterocycles. The molecule has 6 heteroatoms. The molecule has 0 aliphatic heterocycles. The number of aryl methyl sites for hydroxylation is 1. The van der Waals surface area contributed by atoms with Crippen molar-refractivity contribution in [2.75, 3.05) is 5.32 Å². The summed E-state index contributed by atoms with van der Waals surface area (Å²) in [6, 6.07) is 12.6. The van der Waals surface area contributed by atoms with Crippen LogP contribution in [0, 0.1) is 6.92 Å². The fourth-order valence-electron chi connectivity index (χ4n) is 2.27. The van der Waals surface area contributed by atoms with Gasteiger partial charge in [0.1, 0.15) is 5.82 Å². The van der Waals surface area contributed by atoms with E-state index < -0.39 is 5.97 Å². The summed E-state index contributed by atoms with van der Waals surface area (Å²) >= 11 is 0. The zero-order valence-corrected chi connectivity index (χ0v) is 12.6. The molecule has 0 bridgehead atoms. The van der Waals surface area contributed by atoms with Gasteiger partial charge in [-0.1, -0.05) is 18.2 Å². The summed E-state index contributed by atoms with van der Waals surface area (Å²) in [5, 5.41) is 16.7. The van der Waals surface area contributed by atoms with E-state index in [1.54, 1.807) is 35.1 Å². The molecule has 0 saturated carbocycles. The number of carboxylic acid groups (broad SMARTS) is 1. The first kappa shape index (κ1) is 14.8. The molecule has 3 aromatic rings. The predicted octanol–water partition coefficient (Wildman–Crippen LogP) is 2.89. The van der Waals surface area contributed by atoms with Gasteiger partial charge in [-0.2, -0.15) is 5.10 Å². The van der Waals surface area contributed by atoms with E-state index in [-0.39, 0.29) is 5.56 Å². The van der Waals surface area contributed by atoms with Crippen LogP contribution in [0.15, 0.2) is 54.9 Å². The Bertz CT molecular complexity index is 842. The lowest BCUT2D eigenvalue weighted by Gasteiger charge is -2.06. The van der Waals surface area contributed by atoms with Crippen molar-refractivity contribution in [2.24, 2.45) is 0 Å². The summed E-state index contributed by atoms with van der Waals surface area (Å²) in [7, 11) is 0. The lowest BCUT2D eigenvalue weighted by molar-refractivity contribution is 0.0696. The molecule has 3 rings (SSSR count). The minimum atomic E-state index is -0.972. The van der Waals surface area contributed by atoms with Crippen LogP contribution in [0.5, 0.6) is 0 Å². The summed E-state index contributed by atoms with van der Waals surface area (Å²) in [6.07, 6.45) is 3.52. The molecule has 0 aliphatic rings. The second-order valence-electron chi connectivity index (χ2n) is 5.13. The number of nitrogens with zero attached hydrogens (tertiary/aromatic N) is 3. The molecule has 116 valence electrons. The first-order chi connectivity index (χ1) is 11.1. The molecular formula is C17H16N4O2. The Hall–Kier alpha value is -3.15. The highest BCUT2D eigenvalue weighted by atomic mass is 16.4. The Morgan fingerprint density at radius 2 is 2.04 bits per heavy atom. The van der Waals surface area contributed by atoms with Gasteiger partial charge in [-0.15, -0.1) is 0 Å². The number of rotatable bonds is 5. The quantitative estimate of drug-likeness (QED) is 0.757. The average molecular weight is 308 g/mol. The molecule has 2 N–H and O–H groups in total. The van der Waals surface area contributed by atoms with E-state index in [0.29, 0.717) is 12.2 Å². The van der Waals surface area contributed by atoms with Crippen molar-refractivity contribution < 1.29 is 9.90 Å². The van der Waals surface area contributed by atoms with Crippen molar-refractivity contribution in [1.29, 1.82) is 0 Å². The average Bonchev–Trinajstić information content (AvgIpc) is 3.02. The van der Waals surface area contributed by atoms with Crippen molar-refractivity contribution >= 4 is 11.8 Å². The van der Waals surface area contributed by atoms with E-state index in [0.717, 1.165) is 17.1 Å². The maximum Gasteiger partial charge on any atom is 0.337 e. The Labute approximate surface area is 133 Å². The topological polar surface area (TPSA) is 80.0 Å². The SMILES string of the molecule is Cc1cccc(NCc2cnn(-c3ccccc3C(=O)O)c2)n1. The summed E-state index contributed by atoms with van der Waals surface area (Å²) < 4.78 is 1.57. The molecule has 0 aliphatic carbocycles. The van der Waals surface area contributed by atoms with E-state index in [1.807, 2.05) is 31.3 Å². The summed E-state index contributed by atoms with van der Waals surface area (Å²) in [5.74, 6) is -0.177. The molecular weight excluding hydrogens is 292 g/mol. The van der Waals surface area contributed by atoms with Gasteiger partial charge in [-0.05, 0) is 31.2 Å². The van der Waals surface area contributed by atoms with Crippen LogP contribution in [0.3, 0.4) is 0 Å². The Morgan fingerprint density at radius 3 is 2.83 bits per heavy atom. The highest BCUT2D eigenvalue weighted by molar-refractivity contribution is 5.91. The number of pyridine rings is 1. The van der Waals surface area contributed by atoms with Crippen LogP contribution >= 0.6 is 0 Å². The first-order valence-corrected chi connectivity index (χ1v) is 7.17. The molecule has 1 aromatic carbocycles. The lowest BCUT2D eigenvalue weighted by Crippen LogP contribution is -2.05. The largest absolute Gasteiger partial charge is 0.478 e. The molecule has 0 saturated heterocycles. The van der Waals surface area contributed by atoms with Crippen LogP contribution in [0.25, 0.3) is 5.69 Å². The number of hydrogen-bond donors (Lipinski definition) is 2. The van der Waals surface area contributed by atoms with Gasteiger partial charge in [0.05, 0.1) is 17.4 Å². The van der Waals surface area contributed by atoms with E-state index in [4.69, 9.17) is 0 Å². The van der Waals surface area contributed by atoms with Crippen molar-refractivity contribution in [3.8, 4) is 5.69 Å². The Balaban J connectivity index is 1.77. The van der Waals surface area contributed by atoms with Gasteiger partial charge < -0.3 is 10.4 Å². The third-order valence-corrected chi connectivity index (χ3v) is 3.38. The van der Waals surface area contributed by atoms with Crippen LogP contribution in [0.2, 0.25) is 0 Å². The number of hydrogen-bond acceptors (Lipinski definition) is 4. The Kier molecular flexibility index (Phi) is 4.05. The third kappa shape index (κ3) is 3.37. The molecule has 0 radical (unpaired) electrons. The normalized spacial score (nSPS) is 10.5. The van der Waals surface area contributed by atoms with E-state index in [2.05, 4.69) is 15.4 Å². The molecule has 0 atom stereocenters. The van der Waals surface area contributed by atoms with Gasteiger partial charge in [0.2, 0.25) is 0 Å². The van der Waals surface area contributed by atoms with Gasteiger partial charge in [0, 0.05) is 24.0 Å². The zero-order chi connectivity index (χ0) is 16.2. The van der Waals surface area contributed by atoms with Gasteiger partial charge in [0.15, 0.2) is 0 Å². The fraction of sp³-hybridized carbons (Fsp3) is 0.118. The van der Waals surface area contributed by atoms with E-state index in [9.17, 15) is 9.90 Å². The number of anilines is 1. The lowest BCUT2D eigenvalue weighted by atomic mass is 10.2. The number of nitrogens with one attached hydrogen (secondary N) is 1. The number of benzene rings is 1. The van der Waals surface area contributed by atoms with Crippen LogP contribution in [-0.4, -0.2) is 25.8 Å². The standard InChI is InChI=1S/C17H16N4O2/c1-12-5-4-8-16(20-12)18-9-13-10-19-21(11-13)15-7-3-2-6-14(15)17(22)23/h2-8,10-11H,9H2,1H3,(H,18,20)(H,22,23). The van der Waals surface area contributed by atoms with Crippen LogP contribution in [0.1, 0.15) is 21.6 Å². The van der Waals surface area contributed by atoms with Crippen molar-refractivity contribution in [1.82, 2.24) is 14.8 Å². The number of carboxylic acids is 1. The smallest absolute Gasteiger partial charge is 0.337 e. The number of aromatic carboxylic acids is 1. The van der Waals surface area contributed by atoms with Crippen LogP contribution in [0.4, 0.5) is 5.82 Å². The molecule has 0 spiro atoms. The highest BCUT2D eigenvalue weighted by Crippen LogP contribution is 2.15. The Morgan fingerprint density at radius 1 is 1.22 bits per heavy atom. The first-order valence-electron chi connectivity index (χ1n) is 7.17. The van der Waals surface area contributed by atoms with Gasteiger partial charge in [-0.3, -0.25) is 0 Å². The van der Waals surface area contributed by atoms with Crippen LogP contribution < -0.4 is 5.32 Å². The monoisotopic (exact) mass is 308 g/mol. The summed E-state index contributed by atoms with van der Waals surface area (Å²) in [6.45, 7) is 2.50.